The lowest BCUT2D eigenvalue weighted by Gasteiger charge is -2.37. The van der Waals surface area contributed by atoms with Crippen molar-refractivity contribution in [1.29, 1.82) is 0 Å². The maximum atomic E-state index is 17.0. The second-order valence-electron chi connectivity index (χ2n) is 23.2. The Hall–Kier alpha value is -6.41. The number of anilines is 1. The summed E-state index contributed by atoms with van der Waals surface area (Å²) in [7, 11) is 3.53. The Morgan fingerprint density at radius 1 is 0.850 bits per heavy atom. The number of hydrogen-bond donors (Lipinski definition) is 2. The number of ether oxygens (including phenoxy) is 3. The van der Waals surface area contributed by atoms with E-state index in [0.717, 1.165) is 95.6 Å². The molecule has 0 bridgehead atoms. The molecular formula is C61H75F2N9O8. The third kappa shape index (κ3) is 11.2. The quantitative estimate of drug-likeness (QED) is 0.102. The molecule has 17 nitrogen and oxygen atoms in total. The molecule has 6 fully saturated rings. The van der Waals surface area contributed by atoms with Gasteiger partial charge >= 0.3 is 6.01 Å². The Bertz CT molecular complexity index is 3140. The molecule has 6 saturated heterocycles. The number of amides is 3. The van der Waals surface area contributed by atoms with E-state index in [2.05, 4.69) is 48.8 Å². The number of carbonyl (C=O) groups excluding carboxylic acids is 4. The summed E-state index contributed by atoms with van der Waals surface area (Å²) in [6, 6.07) is 12.0. The van der Waals surface area contributed by atoms with Crippen molar-refractivity contribution in [2.24, 2.45) is 5.92 Å². The zero-order chi connectivity index (χ0) is 55.7. The van der Waals surface area contributed by atoms with Gasteiger partial charge in [-0.3, -0.25) is 29.4 Å². The molecule has 13 rings (SSSR count). The Kier molecular flexibility index (Phi) is 16.6. The average Bonchev–Trinajstić information content (AvgIpc) is 3.95. The second-order valence-corrected chi connectivity index (χ2v) is 23.2. The smallest absolute Gasteiger partial charge is 0.319 e. The fourth-order valence-electron chi connectivity index (χ4n) is 14.1. The zero-order valence-corrected chi connectivity index (χ0v) is 46.5. The number of nitrogens with zero attached hydrogens (tertiary/aromatic N) is 8. The molecule has 8 aliphatic rings. The van der Waals surface area contributed by atoms with E-state index in [0.29, 0.717) is 102 Å². The number of benzene rings is 3. The number of halogens is 2. The van der Waals surface area contributed by atoms with Gasteiger partial charge in [0.1, 0.15) is 41.2 Å². The minimum atomic E-state index is -0.624. The number of aromatic nitrogens is 3. The lowest BCUT2D eigenvalue weighted by molar-refractivity contribution is -0.137. The van der Waals surface area contributed by atoms with E-state index in [1.165, 1.54) is 57.3 Å². The van der Waals surface area contributed by atoms with Crippen molar-refractivity contribution in [1.82, 2.24) is 39.9 Å². The van der Waals surface area contributed by atoms with Gasteiger partial charge in [-0.05, 0) is 193 Å². The van der Waals surface area contributed by atoms with Gasteiger partial charge in [-0.1, -0.05) is 25.1 Å². The van der Waals surface area contributed by atoms with Gasteiger partial charge < -0.3 is 38.9 Å². The number of aromatic hydroxyl groups is 1. The number of methoxy groups -OCH3 is 1. The topological polar surface area (TPSA) is 183 Å². The first kappa shape index (κ1) is 55.5. The van der Waals surface area contributed by atoms with Crippen LogP contribution in [-0.2, 0) is 43.2 Å². The number of nitrogens with one attached hydrogen (secondary N) is 1. The molecule has 3 aromatic carbocycles. The third-order valence-corrected chi connectivity index (χ3v) is 18.3. The molecule has 80 heavy (non-hydrogen) atoms. The van der Waals surface area contributed by atoms with E-state index in [9.17, 15) is 19.5 Å². The van der Waals surface area contributed by atoms with Gasteiger partial charge in [0.05, 0.1) is 36.4 Å². The highest BCUT2D eigenvalue weighted by molar-refractivity contribution is 6.06. The summed E-state index contributed by atoms with van der Waals surface area (Å²) in [5, 5.41) is 14.8. The number of rotatable bonds is 10. The largest absolute Gasteiger partial charge is 0.508 e. The van der Waals surface area contributed by atoms with E-state index in [1.54, 1.807) is 17.0 Å². The summed E-state index contributed by atoms with van der Waals surface area (Å²) in [5.41, 5.74) is 4.73. The van der Waals surface area contributed by atoms with Gasteiger partial charge in [0.2, 0.25) is 11.8 Å². The van der Waals surface area contributed by atoms with Crippen LogP contribution in [0.1, 0.15) is 123 Å². The van der Waals surface area contributed by atoms with Crippen LogP contribution in [0.2, 0.25) is 0 Å². The molecule has 10 heterocycles. The zero-order valence-electron chi connectivity index (χ0n) is 46.5. The molecule has 3 amide bonds. The average molecular weight is 1100 g/mol. The Morgan fingerprint density at radius 3 is 2.36 bits per heavy atom. The molecule has 426 valence electrons. The monoisotopic (exact) mass is 1100 g/mol. The van der Waals surface area contributed by atoms with Crippen molar-refractivity contribution in [3.8, 4) is 23.0 Å². The molecule has 0 aliphatic carbocycles. The number of aryl methyl sites for hydroxylation is 2. The summed E-state index contributed by atoms with van der Waals surface area (Å²) in [6.07, 6.45) is 12.7. The number of fused-ring (bicyclic) bond motifs is 5. The van der Waals surface area contributed by atoms with E-state index in [4.69, 9.17) is 29.2 Å². The number of piperidine rings is 3. The van der Waals surface area contributed by atoms with Crippen LogP contribution in [0.15, 0.2) is 42.5 Å². The van der Waals surface area contributed by atoms with E-state index < -0.39 is 11.9 Å². The SMILES string of the molecule is CCc1c(F)ccc2cc(O)cc(-c3nc4c5c(nc(OCC67CCCN6CCC7)nc5c3F)N3CCCOCC3CC4)c12.CN1CCC(CN2CCC(c3ccc4c(c3)CN(C3CCC(=O)NC3=O)C4=O)CC2)CC1.COC=O. The van der Waals surface area contributed by atoms with Crippen molar-refractivity contribution in [3.05, 3.63) is 82.0 Å². The van der Waals surface area contributed by atoms with Crippen LogP contribution < -0.4 is 15.0 Å². The summed E-state index contributed by atoms with van der Waals surface area (Å²) in [5.74, 6) is 0.296. The highest BCUT2D eigenvalue weighted by Gasteiger charge is 2.45. The fourth-order valence-corrected chi connectivity index (χ4v) is 14.1. The molecule has 0 spiro atoms. The molecule has 8 aliphatic heterocycles. The molecular weight excluding hydrogens is 1020 g/mol. The van der Waals surface area contributed by atoms with E-state index >= 15 is 8.78 Å². The first-order chi connectivity index (χ1) is 38.8. The lowest BCUT2D eigenvalue weighted by Crippen LogP contribution is -2.52. The predicted molar refractivity (Wildman–Crippen MR) is 299 cm³/mol. The van der Waals surface area contributed by atoms with Gasteiger partial charge in [0.25, 0.3) is 12.4 Å². The van der Waals surface area contributed by atoms with Gasteiger partial charge in [-0.15, -0.1) is 0 Å². The molecule has 2 unspecified atom stereocenters. The maximum absolute atomic E-state index is 17.0. The van der Waals surface area contributed by atoms with Gasteiger partial charge in [-0.2, -0.15) is 9.97 Å². The van der Waals surface area contributed by atoms with Crippen molar-refractivity contribution >= 4 is 51.7 Å². The predicted octanol–water partition coefficient (Wildman–Crippen LogP) is 7.70. The maximum Gasteiger partial charge on any atom is 0.319 e. The third-order valence-electron chi connectivity index (χ3n) is 18.3. The second kappa shape index (κ2) is 24.0. The molecule has 2 aromatic heterocycles. The molecule has 0 saturated carbocycles. The summed E-state index contributed by atoms with van der Waals surface area (Å²) in [4.78, 5) is 71.7. The Balaban J connectivity index is 0.000000165. The highest BCUT2D eigenvalue weighted by Crippen LogP contribution is 2.44. The first-order valence-electron chi connectivity index (χ1n) is 29.1. The van der Waals surface area contributed by atoms with Crippen LogP contribution in [0.4, 0.5) is 14.6 Å². The molecule has 2 atom stereocenters. The van der Waals surface area contributed by atoms with Crippen LogP contribution >= 0.6 is 0 Å². The highest BCUT2D eigenvalue weighted by atomic mass is 19.1. The molecule has 5 aromatic rings. The Morgan fingerprint density at radius 2 is 1.62 bits per heavy atom. The van der Waals surface area contributed by atoms with Crippen LogP contribution in [0.25, 0.3) is 32.9 Å². The number of carbonyl (C=O) groups is 4. The minimum Gasteiger partial charge on any atom is -0.508 e. The summed E-state index contributed by atoms with van der Waals surface area (Å²) in [6.45, 7) is 13.3. The van der Waals surface area contributed by atoms with Gasteiger partial charge in [0.15, 0.2) is 5.82 Å². The van der Waals surface area contributed by atoms with E-state index in [-0.39, 0.29) is 64.5 Å². The lowest BCUT2D eigenvalue weighted by atomic mass is 9.87. The molecule has 0 radical (unpaired) electrons. The van der Waals surface area contributed by atoms with Crippen molar-refractivity contribution in [3.63, 3.8) is 0 Å². The van der Waals surface area contributed by atoms with E-state index in [1.807, 2.05) is 13.0 Å². The summed E-state index contributed by atoms with van der Waals surface area (Å²) < 4.78 is 48.3. The van der Waals surface area contributed by atoms with Crippen LogP contribution in [0.3, 0.4) is 0 Å². The van der Waals surface area contributed by atoms with Crippen molar-refractivity contribution < 1.29 is 47.3 Å². The van der Waals surface area contributed by atoms with Crippen LogP contribution in [0, 0.1) is 17.6 Å². The number of phenolic OH excluding ortho intramolecular Hbond substituents is 1. The standard InChI is InChI=1S/C34H37F2N5O3.C25H34N4O3.C2H4O2/c1-2-23-25(35)8-6-20-16-22(42)17-24(27(20)23)30-29(36)31-28-26(37-30)9-7-21-18-43-15-5-14-41(21)32(28)39-33(38-31)44-19-34-10-3-12-40(34)13-4-11-34;1-27-10-6-17(7-11-27)15-28-12-8-18(9-13-28)19-2-3-21-20(14-19)16-29(25(21)32)22-4-5-23(30)26-24(22)31;1-4-2-3/h6,8,16-17,21,42H,2-5,7,9-15,18-19H2,1H3;2-3,14,17-18,22H,4-13,15-16H2,1H3,(H,26,30,31);2H,1H3. The molecule has 2 N–H and O–H groups in total. The number of hydrogen-bond acceptors (Lipinski definition) is 15. The normalized spacial score (nSPS) is 22.6. The minimum absolute atomic E-state index is 0.0143. The number of imide groups is 1. The Labute approximate surface area is 466 Å². The van der Waals surface area contributed by atoms with Crippen molar-refractivity contribution in [2.45, 2.75) is 127 Å². The van der Waals surface area contributed by atoms with Crippen molar-refractivity contribution in [2.75, 3.05) is 91.2 Å². The van der Waals surface area contributed by atoms with Crippen LogP contribution in [-0.4, -0.2) is 168 Å². The first-order valence-corrected chi connectivity index (χ1v) is 29.1. The number of likely N-dealkylation sites (tertiary alicyclic amines) is 2. The number of phenols is 1. The summed E-state index contributed by atoms with van der Waals surface area (Å²) >= 11 is 0. The van der Waals surface area contributed by atoms with Crippen LogP contribution in [0.5, 0.6) is 11.8 Å². The number of pyridine rings is 1. The fraction of sp³-hybridized carbons (Fsp3) is 0.557. The molecule has 19 heteroatoms. The van der Waals surface area contributed by atoms with Gasteiger partial charge in [0, 0.05) is 43.8 Å². The van der Waals surface area contributed by atoms with Gasteiger partial charge in [-0.25, -0.2) is 13.8 Å².